The fraction of sp³-hybridized carbons (Fsp3) is 0.133. The third kappa shape index (κ3) is 2.16. The van der Waals surface area contributed by atoms with Gasteiger partial charge in [-0.3, -0.25) is 4.79 Å². The number of carbonyl (C=O) groups excluding carboxylic acids is 1. The van der Waals surface area contributed by atoms with Gasteiger partial charge in [0, 0.05) is 0 Å². The summed E-state index contributed by atoms with van der Waals surface area (Å²) in [6, 6.07) is 7.17. The second-order valence-electron chi connectivity index (χ2n) is 4.27. The third-order valence-electron chi connectivity index (χ3n) is 2.91. The Morgan fingerprint density at radius 1 is 1.00 bits per heavy atom. The van der Waals surface area contributed by atoms with Crippen molar-refractivity contribution in [1.29, 1.82) is 0 Å². The summed E-state index contributed by atoms with van der Waals surface area (Å²) < 4.78 is 26.5. The van der Waals surface area contributed by atoms with Crippen LogP contribution >= 0.6 is 0 Å². The highest BCUT2D eigenvalue weighted by atomic mass is 19.1. The molecule has 0 aliphatic heterocycles. The first-order valence-corrected chi connectivity index (χ1v) is 5.55. The number of halogens is 2. The fourth-order valence-corrected chi connectivity index (χ4v) is 2.16. The van der Waals surface area contributed by atoms with Gasteiger partial charge in [-0.2, -0.15) is 0 Å². The number of hydrogen-bond acceptors (Lipinski definition) is 1. The van der Waals surface area contributed by atoms with Crippen molar-refractivity contribution in [3.63, 3.8) is 0 Å². The molecule has 0 aliphatic carbocycles. The molecule has 0 bridgehead atoms. The minimum Gasteiger partial charge on any atom is -0.298 e. The summed E-state index contributed by atoms with van der Waals surface area (Å²) in [5.74, 6) is -0.849. The molecule has 18 heavy (non-hydrogen) atoms. The topological polar surface area (TPSA) is 17.1 Å². The van der Waals surface area contributed by atoms with Crippen LogP contribution in [-0.2, 0) is 0 Å². The van der Waals surface area contributed by atoms with E-state index in [1.807, 2.05) is 0 Å². The summed E-state index contributed by atoms with van der Waals surface area (Å²) in [6.45, 7) is 3.57. The Labute approximate surface area is 104 Å². The van der Waals surface area contributed by atoms with Gasteiger partial charge in [0.2, 0.25) is 0 Å². The van der Waals surface area contributed by atoms with E-state index < -0.39 is 5.82 Å². The molecule has 2 aromatic carbocycles. The standard InChI is InChI=1S/C15H12F2O/c1-9-5-13(16)6-10(2)15(9)11-3-4-14(17)12(7-11)8-18/h3-8H,1-2H3. The van der Waals surface area contributed by atoms with Crippen molar-refractivity contribution in [2.45, 2.75) is 13.8 Å². The Hall–Kier alpha value is -2.03. The van der Waals surface area contributed by atoms with Crippen LogP contribution in [0.2, 0.25) is 0 Å². The maximum absolute atomic E-state index is 13.3. The molecule has 0 aliphatic rings. The van der Waals surface area contributed by atoms with Gasteiger partial charge in [-0.05, 0) is 60.4 Å². The molecule has 0 atom stereocenters. The highest BCUT2D eigenvalue weighted by Gasteiger charge is 2.10. The van der Waals surface area contributed by atoms with Gasteiger partial charge in [0.15, 0.2) is 6.29 Å². The van der Waals surface area contributed by atoms with Gasteiger partial charge in [-0.25, -0.2) is 8.78 Å². The molecule has 0 aromatic heterocycles. The lowest BCUT2D eigenvalue weighted by Gasteiger charge is -2.11. The van der Waals surface area contributed by atoms with Crippen molar-refractivity contribution < 1.29 is 13.6 Å². The normalized spacial score (nSPS) is 10.4. The average Bonchev–Trinajstić information content (AvgIpc) is 2.30. The van der Waals surface area contributed by atoms with Crippen LogP contribution in [0.1, 0.15) is 21.5 Å². The molecule has 3 heteroatoms. The van der Waals surface area contributed by atoms with Crippen LogP contribution < -0.4 is 0 Å². The Balaban J connectivity index is 2.66. The zero-order valence-corrected chi connectivity index (χ0v) is 10.1. The smallest absolute Gasteiger partial charge is 0.153 e. The van der Waals surface area contributed by atoms with E-state index in [-0.39, 0.29) is 11.4 Å². The highest BCUT2D eigenvalue weighted by Crippen LogP contribution is 2.29. The minimum absolute atomic E-state index is 0.00984. The molecule has 0 saturated carbocycles. The van der Waals surface area contributed by atoms with Gasteiger partial charge in [-0.15, -0.1) is 0 Å². The quantitative estimate of drug-likeness (QED) is 0.730. The highest BCUT2D eigenvalue weighted by molar-refractivity contribution is 5.80. The molecule has 0 N–H and O–H groups in total. The zero-order valence-electron chi connectivity index (χ0n) is 10.1. The second kappa shape index (κ2) is 4.69. The van der Waals surface area contributed by atoms with Crippen molar-refractivity contribution >= 4 is 6.29 Å². The Morgan fingerprint density at radius 2 is 1.61 bits per heavy atom. The summed E-state index contributed by atoms with van der Waals surface area (Å²) in [7, 11) is 0. The van der Waals surface area contributed by atoms with Crippen LogP contribution in [0.3, 0.4) is 0 Å². The molecule has 0 radical (unpaired) electrons. The van der Waals surface area contributed by atoms with Crippen LogP contribution in [0.25, 0.3) is 11.1 Å². The molecule has 0 saturated heterocycles. The lowest BCUT2D eigenvalue weighted by Crippen LogP contribution is -1.93. The lowest BCUT2D eigenvalue weighted by atomic mass is 9.94. The van der Waals surface area contributed by atoms with E-state index in [2.05, 4.69) is 0 Å². The molecule has 0 unspecified atom stereocenters. The molecule has 1 nitrogen and oxygen atoms in total. The number of hydrogen-bond donors (Lipinski definition) is 0. The van der Waals surface area contributed by atoms with Crippen molar-refractivity contribution in [1.82, 2.24) is 0 Å². The van der Waals surface area contributed by atoms with Crippen molar-refractivity contribution in [3.8, 4) is 11.1 Å². The van der Waals surface area contributed by atoms with Gasteiger partial charge in [0.05, 0.1) is 5.56 Å². The predicted octanol–water partition coefficient (Wildman–Crippen LogP) is 4.06. The maximum Gasteiger partial charge on any atom is 0.153 e. The van der Waals surface area contributed by atoms with E-state index >= 15 is 0 Å². The van der Waals surface area contributed by atoms with Crippen molar-refractivity contribution in [2.75, 3.05) is 0 Å². The van der Waals surface area contributed by atoms with Gasteiger partial charge in [-0.1, -0.05) is 6.07 Å². The molecule has 0 fully saturated rings. The van der Waals surface area contributed by atoms with E-state index in [0.717, 1.165) is 16.7 Å². The number of rotatable bonds is 2. The largest absolute Gasteiger partial charge is 0.298 e. The van der Waals surface area contributed by atoms with Crippen LogP contribution in [0.15, 0.2) is 30.3 Å². The zero-order chi connectivity index (χ0) is 13.3. The van der Waals surface area contributed by atoms with E-state index in [0.29, 0.717) is 11.8 Å². The number of aldehydes is 1. The second-order valence-corrected chi connectivity index (χ2v) is 4.27. The lowest BCUT2D eigenvalue weighted by molar-refractivity contribution is 0.112. The summed E-state index contributed by atoms with van der Waals surface area (Å²) >= 11 is 0. The van der Waals surface area contributed by atoms with Gasteiger partial charge in [0.25, 0.3) is 0 Å². The monoisotopic (exact) mass is 246 g/mol. The molecule has 0 heterocycles. The molecular formula is C15H12F2O. The summed E-state index contributed by atoms with van der Waals surface area (Å²) in [5, 5.41) is 0. The number of aryl methyl sites for hydroxylation is 2. The summed E-state index contributed by atoms with van der Waals surface area (Å²) in [4.78, 5) is 10.7. The van der Waals surface area contributed by atoms with E-state index in [9.17, 15) is 13.6 Å². The number of benzene rings is 2. The first kappa shape index (κ1) is 12.4. The van der Waals surface area contributed by atoms with Crippen LogP contribution in [0, 0.1) is 25.5 Å². The Bertz CT molecular complexity index is 595. The van der Waals surface area contributed by atoms with Crippen molar-refractivity contribution in [2.24, 2.45) is 0 Å². The Kier molecular flexibility index (Phi) is 3.24. The van der Waals surface area contributed by atoms with Crippen LogP contribution in [0.4, 0.5) is 8.78 Å². The van der Waals surface area contributed by atoms with Gasteiger partial charge >= 0.3 is 0 Å². The summed E-state index contributed by atoms with van der Waals surface area (Å²) in [5.41, 5.74) is 3.08. The van der Waals surface area contributed by atoms with Gasteiger partial charge in [0.1, 0.15) is 11.6 Å². The summed E-state index contributed by atoms with van der Waals surface area (Å²) in [6.07, 6.45) is 0.479. The average molecular weight is 246 g/mol. The number of carbonyl (C=O) groups is 1. The Morgan fingerprint density at radius 3 is 2.17 bits per heavy atom. The first-order chi connectivity index (χ1) is 8.52. The molecule has 92 valence electrons. The first-order valence-electron chi connectivity index (χ1n) is 5.55. The predicted molar refractivity (Wildman–Crippen MR) is 66.7 cm³/mol. The van der Waals surface area contributed by atoms with Gasteiger partial charge < -0.3 is 0 Å². The fourth-order valence-electron chi connectivity index (χ4n) is 2.16. The SMILES string of the molecule is Cc1cc(F)cc(C)c1-c1ccc(F)c(C=O)c1. The van der Waals surface area contributed by atoms with E-state index in [1.165, 1.54) is 24.3 Å². The van der Waals surface area contributed by atoms with E-state index in [4.69, 9.17) is 0 Å². The maximum atomic E-state index is 13.3. The molecule has 0 spiro atoms. The minimum atomic E-state index is -0.550. The molecule has 0 amide bonds. The van der Waals surface area contributed by atoms with Crippen LogP contribution in [0.5, 0.6) is 0 Å². The van der Waals surface area contributed by atoms with Crippen LogP contribution in [-0.4, -0.2) is 6.29 Å². The molecule has 2 rings (SSSR count). The molecular weight excluding hydrogens is 234 g/mol. The molecule has 2 aromatic rings. The van der Waals surface area contributed by atoms with E-state index in [1.54, 1.807) is 19.9 Å². The third-order valence-corrected chi connectivity index (χ3v) is 2.91. The van der Waals surface area contributed by atoms with Crippen molar-refractivity contribution in [3.05, 3.63) is 58.7 Å².